The van der Waals surface area contributed by atoms with E-state index in [1.54, 1.807) is 4.90 Å². The number of carbonyl (C=O) groups excluding carboxylic acids is 1. The van der Waals surface area contributed by atoms with Crippen LogP contribution in [0.25, 0.3) is 0 Å². The number of carbonyl (C=O) groups is 1. The molecule has 1 aliphatic rings. The number of likely N-dealkylation sites (N-methyl/N-ethyl adjacent to an activating group) is 1. The molecule has 1 saturated heterocycles. The topological polar surface area (TPSA) is 49.6 Å². The zero-order chi connectivity index (χ0) is 13.7. The van der Waals surface area contributed by atoms with Crippen LogP contribution in [-0.4, -0.2) is 55.0 Å². The predicted octanol–water partition coefficient (Wildman–Crippen LogP) is 0.139. The highest BCUT2D eigenvalue weighted by Crippen LogP contribution is 2.07. The van der Waals surface area contributed by atoms with Gasteiger partial charge in [0.15, 0.2) is 0 Å². The Bertz CT molecular complexity index is 489. The molecule has 1 aromatic carbocycles. The molecule has 1 aliphatic heterocycles. The van der Waals surface area contributed by atoms with E-state index in [4.69, 9.17) is 5.73 Å². The van der Waals surface area contributed by atoms with E-state index in [9.17, 15) is 4.79 Å². The number of hydrogen-bond donors (Lipinski definition) is 1. The Hall–Kier alpha value is -1.83. The van der Waals surface area contributed by atoms with Crippen molar-refractivity contribution in [2.24, 2.45) is 5.73 Å². The summed E-state index contributed by atoms with van der Waals surface area (Å²) in [5, 5.41) is 0. The molecule has 1 unspecified atom stereocenters. The van der Waals surface area contributed by atoms with Crippen LogP contribution in [0.3, 0.4) is 0 Å². The first kappa shape index (κ1) is 13.6. The maximum absolute atomic E-state index is 12.1. The van der Waals surface area contributed by atoms with Gasteiger partial charge in [-0.25, -0.2) is 0 Å². The van der Waals surface area contributed by atoms with E-state index in [-0.39, 0.29) is 11.9 Å². The Morgan fingerprint density at radius 3 is 2.79 bits per heavy atom. The number of nitrogens with two attached hydrogens (primary N) is 1. The highest BCUT2D eigenvalue weighted by molar-refractivity contribution is 5.94. The van der Waals surface area contributed by atoms with Crippen LogP contribution in [0.1, 0.15) is 5.56 Å². The maximum Gasteiger partial charge on any atom is 0.299 e. The Kier molecular flexibility index (Phi) is 4.56. The van der Waals surface area contributed by atoms with Crippen molar-refractivity contribution in [2.45, 2.75) is 6.04 Å². The first-order valence-electron chi connectivity index (χ1n) is 6.47. The van der Waals surface area contributed by atoms with E-state index >= 15 is 0 Å². The highest BCUT2D eigenvalue weighted by atomic mass is 16.2. The largest absolute Gasteiger partial charge is 0.328 e. The Labute approximate surface area is 114 Å². The van der Waals surface area contributed by atoms with Gasteiger partial charge >= 0.3 is 0 Å². The van der Waals surface area contributed by atoms with Crippen molar-refractivity contribution in [1.29, 1.82) is 0 Å². The molecule has 0 radical (unpaired) electrons. The van der Waals surface area contributed by atoms with Crippen molar-refractivity contribution in [3.05, 3.63) is 35.9 Å². The molecule has 1 aromatic rings. The van der Waals surface area contributed by atoms with Crippen LogP contribution < -0.4 is 5.73 Å². The van der Waals surface area contributed by atoms with E-state index in [2.05, 4.69) is 16.7 Å². The molecule has 4 heteroatoms. The summed E-state index contributed by atoms with van der Waals surface area (Å²) in [7, 11) is 2.04. The van der Waals surface area contributed by atoms with Crippen molar-refractivity contribution in [2.75, 3.05) is 33.2 Å². The van der Waals surface area contributed by atoms with E-state index in [0.29, 0.717) is 13.1 Å². The first-order valence-corrected chi connectivity index (χ1v) is 6.47. The summed E-state index contributed by atoms with van der Waals surface area (Å²) in [6, 6.07) is 9.60. The second kappa shape index (κ2) is 6.37. The molecule has 0 spiro atoms. The third-order valence-corrected chi connectivity index (χ3v) is 3.31. The first-order chi connectivity index (χ1) is 9.20. The summed E-state index contributed by atoms with van der Waals surface area (Å²) in [5.74, 6) is 5.48. The number of amides is 1. The average Bonchev–Trinajstić information content (AvgIpc) is 2.45. The quantitative estimate of drug-likeness (QED) is 0.728. The number of rotatable bonds is 1. The molecule has 1 fully saturated rings. The van der Waals surface area contributed by atoms with E-state index < -0.39 is 0 Å². The summed E-state index contributed by atoms with van der Waals surface area (Å²) < 4.78 is 0. The fourth-order valence-corrected chi connectivity index (χ4v) is 2.20. The van der Waals surface area contributed by atoms with Crippen molar-refractivity contribution in [3.63, 3.8) is 0 Å². The summed E-state index contributed by atoms with van der Waals surface area (Å²) in [6.45, 7) is 2.86. The lowest BCUT2D eigenvalue weighted by Crippen LogP contribution is -2.56. The molecule has 1 amide bonds. The van der Waals surface area contributed by atoms with Crippen LogP contribution in [0.15, 0.2) is 30.3 Å². The SMILES string of the molecule is CN1CCN(C(=O)C#Cc2ccccc2)C(CN)C1. The number of hydrogen-bond acceptors (Lipinski definition) is 3. The van der Waals surface area contributed by atoms with Crippen molar-refractivity contribution >= 4 is 5.91 Å². The molecule has 1 heterocycles. The predicted molar refractivity (Wildman–Crippen MR) is 75.4 cm³/mol. The van der Waals surface area contributed by atoms with Crippen LogP contribution >= 0.6 is 0 Å². The Morgan fingerprint density at radius 2 is 2.11 bits per heavy atom. The number of benzene rings is 1. The fourth-order valence-electron chi connectivity index (χ4n) is 2.20. The van der Waals surface area contributed by atoms with Gasteiger partial charge in [0.2, 0.25) is 0 Å². The van der Waals surface area contributed by atoms with Gasteiger partial charge in [-0.3, -0.25) is 4.79 Å². The smallest absolute Gasteiger partial charge is 0.299 e. The molecule has 2 rings (SSSR count). The summed E-state index contributed by atoms with van der Waals surface area (Å²) in [4.78, 5) is 16.1. The summed E-state index contributed by atoms with van der Waals surface area (Å²) >= 11 is 0. The highest BCUT2D eigenvalue weighted by Gasteiger charge is 2.26. The Balaban J connectivity index is 2.05. The van der Waals surface area contributed by atoms with Crippen molar-refractivity contribution in [1.82, 2.24) is 9.80 Å². The lowest BCUT2D eigenvalue weighted by Gasteiger charge is -2.38. The monoisotopic (exact) mass is 257 g/mol. The standard InChI is InChI=1S/C15H19N3O/c1-17-9-10-18(14(11-16)12-17)15(19)8-7-13-5-3-2-4-6-13/h2-6,14H,9-12,16H2,1H3. The molecule has 0 aromatic heterocycles. The summed E-state index contributed by atoms with van der Waals surface area (Å²) in [5.41, 5.74) is 6.59. The van der Waals surface area contributed by atoms with Crippen molar-refractivity contribution < 1.29 is 4.79 Å². The van der Waals surface area contributed by atoms with E-state index in [0.717, 1.165) is 18.7 Å². The summed E-state index contributed by atoms with van der Waals surface area (Å²) in [6.07, 6.45) is 0. The molecule has 0 saturated carbocycles. The lowest BCUT2D eigenvalue weighted by atomic mass is 10.1. The minimum atomic E-state index is -0.132. The lowest BCUT2D eigenvalue weighted by molar-refractivity contribution is -0.129. The van der Waals surface area contributed by atoms with Crippen LogP contribution in [0.4, 0.5) is 0 Å². The van der Waals surface area contributed by atoms with Gasteiger partial charge in [0, 0.05) is 37.7 Å². The third-order valence-electron chi connectivity index (χ3n) is 3.31. The number of piperazine rings is 1. The number of nitrogens with zero attached hydrogens (tertiary/aromatic N) is 2. The average molecular weight is 257 g/mol. The van der Waals surface area contributed by atoms with Crippen LogP contribution in [0.5, 0.6) is 0 Å². The van der Waals surface area contributed by atoms with Gasteiger partial charge in [-0.1, -0.05) is 24.1 Å². The minimum absolute atomic E-state index is 0.0660. The van der Waals surface area contributed by atoms with Gasteiger partial charge in [-0.05, 0) is 19.2 Å². The molecular weight excluding hydrogens is 238 g/mol. The van der Waals surface area contributed by atoms with Gasteiger partial charge in [-0.15, -0.1) is 0 Å². The van der Waals surface area contributed by atoms with E-state index in [1.807, 2.05) is 37.4 Å². The molecule has 1 atom stereocenters. The molecule has 4 nitrogen and oxygen atoms in total. The van der Waals surface area contributed by atoms with Gasteiger partial charge in [0.1, 0.15) is 0 Å². The maximum atomic E-state index is 12.1. The normalized spacial score (nSPS) is 19.7. The molecule has 0 bridgehead atoms. The zero-order valence-electron chi connectivity index (χ0n) is 11.2. The molecular formula is C15H19N3O. The Morgan fingerprint density at radius 1 is 1.37 bits per heavy atom. The molecule has 0 aliphatic carbocycles. The van der Waals surface area contributed by atoms with Gasteiger partial charge in [0.25, 0.3) is 5.91 Å². The van der Waals surface area contributed by atoms with Gasteiger partial charge < -0.3 is 15.5 Å². The van der Waals surface area contributed by atoms with Crippen LogP contribution in [0, 0.1) is 11.8 Å². The van der Waals surface area contributed by atoms with Gasteiger partial charge in [-0.2, -0.15) is 0 Å². The van der Waals surface area contributed by atoms with Crippen LogP contribution in [0.2, 0.25) is 0 Å². The minimum Gasteiger partial charge on any atom is -0.328 e. The van der Waals surface area contributed by atoms with E-state index in [1.165, 1.54) is 0 Å². The fraction of sp³-hybridized carbons (Fsp3) is 0.400. The second-order valence-corrected chi connectivity index (χ2v) is 4.77. The molecule has 2 N–H and O–H groups in total. The van der Waals surface area contributed by atoms with Gasteiger partial charge in [0.05, 0.1) is 6.04 Å². The molecule has 19 heavy (non-hydrogen) atoms. The molecule has 100 valence electrons. The van der Waals surface area contributed by atoms with Crippen molar-refractivity contribution in [3.8, 4) is 11.8 Å². The second-order valence-electron chi connectivity index (χ2n) is 4.77. The van der Waals surface area contributed by atoms with Crippen LogP contribution in [-0.2, 0) is 4.79 Å². The zero-order valence-corrected chi connectivity index (χ0v) is 11.2. The third kappa shape index (κ3) is 3.57.